The number of hydrogen-bond donors (Lipinski definition) is 1. The molecule has 0 atom stereocenters. The van der Waals surface area contributed by atoms with Crippen molar-refractivity contribution in [2.45, 2.75) is 13.0 Å². The summed E-state index contributed by atoms with van der Waals surface area (Å²) in [5, 5.41) is 9.45. The lowest BCUT2D eigenvalue weighted by molar-refractivity contribution is -0.114. The van der Waals surface area contributed by atoms with Gasteiger partial charge in [0.25, 0.3) is 0 Å². The van der Waals surface area contributed by atoms with Crippen LogP contribution in [0.15, 0.2) is 67.3 Å². The van der Waals surface area contributed by atoms with Crippen molar-refractivity contribution in [3.05, 3.63) is 78.4 Å². The molecule has 0 radical (unpaired) electrons. The minimum atomic E-state index is -1.03. The number of amides is 1. The van der Waals surface area contributed by atoms with E-state index in [4.69, 9.17) is 0 Å². The molecule has 0 aromatic heterocycles. The van der Waals surface area contributed by atoms with Crippen LogP contribution in [0.2, 0.25) is 0 Å². The Hall–Kier alpha value is -2.88. The number of benzene rings is 2. The van der Waals surface area contributed by atoms with Crippen LogP contribution in [0.4, 0.5) is 10.5 Å². The average Bonchev–Trinajstić information content (AvgIpc) is 2.53. The maximum absolute atomic E-state index is 11.5. The van der Waals surface area contributed by atoms with Crippen LogP contribution >= 0.6 is 0 Å². The zero-order chi connectivity index (χ0) is 15.9. The number of allylic oxidation sites excluding steroid dienone is 1. The predicted molar refractivity (Wildman–Crippen MR) is 86.0 cm³/mol. The second kappa shape index (κ2) is 7.22. The minimum absolute atomic E-state index is 0.0953. The van der Waals surface area contributed by atoms with Crippen LogP contribution in [0, 0.1) is 0 Å². The average molecular weight is 295 g/mol. The topological polar surface area (TPSA) is 57.6 Å². The molecule has 0 bridgehead atoms. The van der Waals surface area contributed by atoms with Crippen molar-refractivity contribution in [2.75, 3.05) is 4.90 Å². The quantitative estimate of drug-likeness (QED) is 0.827. The van der Waals surface area contributed by atoms with Crippen molar-refractivity contribution in [3.63, 3.8) is 0 Å². The SMILES string of the molecule is C=CC(=O)Cc1cccc(N(Cc2ccccc2)C(=O)O)c1. The molecular weight excluding hydrogens is 278 g/mol. The summed E-state index contributed by atoms with van der Waals surface area (Å²) in [6.45, 7) is 3.70. The van der Waals surface area contributed by atoms with Crippen molar-refractivity contribution < 1.29 is 14.7 Å². The van der Waals surface area contributed by atoms with Crippen molar-refractivity contribution in [1.82, 2.24) is 0 Å². The van der Waals surface area contributed by atoms with Gasteiger partial charge in [-0.3, -0.25) is 9.69 Å². The summed E-state index contributed by atoms with van der Waals surface area (Å²) in [6, 6.07) is 16.4. The van der Waals surface area contributed by atoms with Gasteiger partial charge in [0.15, 0.2) is 5.78 Å². The highest BCUT2D eigenvalue weighted by atomic mass is 16.4. The third-order valence-electron chi connectivity index (χ3n) is 3.24. The van der Waals surface area contributed by atoms with E-state index in [0.717, 1.165) is 11.1 Å². The van der Waals surface area contributed by atoms with Crippen LogP contribution in [0.1, 0.15) is 11.1 Å². The van der Waals surface area contributed by atoms with Gasteiger partial charge in [0.05, 0.1) is 6.54 Å². The fraction of sp³-hybridized carbons (Fsp3) is 0.111. The molecule has 0 aliphatic heterocycles. The van der Waals surface area contributed by atoms with Crippen molar-refractivity contribution in [2.24, 2.45) is 0 Å². The Labute approximate surface area is 129 Å². The predicted octanol–water partition coefficient (Wildman–Crippen LogP) is 3.67. The normalized spacial score (nSPS) is 10.0. The Balaban J connectivity index is 2.25. The summed E-state index contributed by atoms with van der Waals surface area (Å²) >= 11 is 0. The number of ketones is 1. The van der Waals surface area contributed by atoms with E-state index in [1.54, 1.807) is 24.3 Å². The van der Waals surface area contributed by atoms with Gasteiger partial charge in [-0.05, 0) is 29.3 Å². The third kappa shape index (κ3) is 4.06. The maximum Gasteiger partial charge on any atom is 0.412 e. The summed E-state index contributed by atoms with van der Waals surface area (Å²) in [5.74, 6) is -0.0953. The van der Waals surface area contributed by atoms with Gasteiger partial charge >= 0.3 is 6.09 Å². The van der Waals surface area contributed by atoms with Gasteiger partial charge in [-0.25, -0.2) is 4.79 Å². The minimum Gasteiger partial charge on any atom is -0.465 e. The number of nitrogens with zero attached hydrogens (tertiary/aromatic N) is 1. The number of carbonyl (C=O) groups excluding carboxylic acids is 1. The van der Waals surface area contributed by atoms with Crippen LogP contribution in [-0.2, 0) is 17.8 Å². The molecule has 0 saturated heterocycles. The van der Waals surface area contributed by atoms with E-state index in [1.165, 1.54) is 11.0 Å². The molecule has 22 heavy (non-hydrogen) atoms. The molecule has 2 rings (SSSR count). The van der Waals surface area contributed by atoms with Gasteiger partial charge in [0.2, 0.25) is 0 Å². The molecule has 0 aliphatic carbocycles. The Bertz CT molecular complexity index is 680. The van der Waals surface area contributed by atoms with Gasteiger partial charge in [-0.2, -0.15) is 0 Å². The third-order valence-corrected chi connectivity index (χ3v) is 3.24. The van der Waals surface area contributed by atoms with E-state index < -0.39 is 6.09 Å². The number of carboxylic acid groups (broad SMARTS) is 1. The zero-order valence-electron chi connectivity index (χ0n) is 12.1. The first-order valence-corrected chi connectivity index (χ1v) is 6.88. The monoisotopic (exact) mass is 295 g/mol. The molecule has 0 unspecified atom stereocenters. The van der Waals surface area contributed by atoms with Crippen LogP contribution in [-0.4, -0.2) is 17.0 Å². The highest BCUT2D eigenvalue weighted by Crippen LogP contribution is 2.20. The number of carbonyl (C=O) groups is 2. The zero-order valence-corrected chi connectivity index (χ0v) is 12.1. The Morgan fingerprint density at radius 2 is 1.73 bits per heavy atom. The Morgan fingerprint density at radius 3 is 2.36 bits per heavy atom. The van der Waals surface area contributed by atoms with Crippen LogP contribution in [0.3, 0.4) is 0 Å². The second-order valence-electron chi connectivity index (χ2n) is 4.87. The Kier molecular flexibility index (Phi) is 5.09. The largest absolute Gasteiger partial charge is 0.465 e. The van der Waals surface area contributed by atoms with E-state index in [0.29, 0.717) is 5.69 Å². The fourth-order valence-electron chi connectivity index (χ4n) is 2.14. The number of anilines is 1. The first-order chi connectivity index (χ1) is 10.6. The summed E-state index contributed by atoms with van der Waals surface area (Å²) in [5.41, 5.74) is 2.21. The molecule has 0 spiro atoms. The molecule has 0 aliphatic rings. The summed E-state index contributed by atoms with van der Waals surface area (Å²) in [7, 11) is 0. The molecule has 1 amide bonds. The van der Waals surface area contributed by atoms with Crippen LogP contribution in [0.5, 0.6) is 0 Å². The molecule has 2 aromatic rings. The molecule has 0 heterocycles. The van der Waals surface area contributed by atoms with E-state index >= 15 is 0 Å². The molecule has 112 valence electrons. The molecule has 4 nitrogen and oxygen atoms in total. The van der Waals surface area contributed by atoms with Gasteiger partial charge in [-0.15, -0.1) is 0 Å². The number of rotatable bonds is 6. The van der Waals surface area contributed by atoms with E-state index in [2.05, 4.69) is 6.58 Å². The lowest BCUT2D eigenvalue weighted by atomic mass is 10.1. The highest BCUT2D eigenvalue weighted by Gasteiger charge is 2.15. The molecule has 4 heteroatoms. The first-order valence-electron chi connectivity index (χ1n) is 6.88. The van der Waals surface area contributed by atoms with E-state index in [9.17, 15) is 14.7 Å². The second-order valence-corrected chi connectivity index (χ2v) is 4.87. The van der Waals surface area contributed by atoms with Crippen molar-refractivity contribution in [1.29, 1.82) is 0 Å². The Morgan fingerprint density at radius 1 is 1.05 bits per heavy atom. The molecule has 2 aromatic carbocycles. The van der Waals surface area contributed by atoms with Crippen molar-refractivity contribution in [3.8, 4) is 0 Å². The van der Waals surface area contributed by atoms with E-state index in [-0.39, 0.29) is 18.7 Å². The van der Waals surface area contributed by atoms with Gasteiger partial charge < -0.3 is 5.11 Å². The maximum atomic E-state index is 11.5. The standard InChI is InChI=1S/C18H17NO3/c1-2-17(20)12-15-9-6-10-16(11-15)19(18(21)22)13-14-7-4-3-5-8-14/h2-11H,1,12-13H2,(H,21,22). The molecule has 0 fully saturated rings. The summed E-state index contributed by atoms with van der Waals surface area (Å²) in [6.07, 6.45) is 0.456. The number of hydrogen-bond acceptors (Lipinski definition) is 2. The van der Waals surface area contributed by atoms with Crippen molar-refractivity contribution >= 4 is 17.6 Å². The first kappa shape index (κ1) is 15.5. The summed E-state index contributed by atoms with van der Waals surface area (Å²) < 4.78 is 0. The smallest absolute Gasteiger partial charge is 0.412 e. The molecule has 1 N–H and O–H groups in total. The van der Waals surface area contributed by atoms with Crippen LogP contribution < -0.4 is 4.90 Å². The molecular formula is C18H17NO3. The van der Waals surface area contributed by atoms with Crippen LogP contribution in [0.25, 0.3) is 0 Å². The van der Waals surface area contributed by atoms with Gasteiger partial charge in [0.1, 0.15) is 0 Å². The summed E-state index contributed by atoms with van der Waals surface area (Å²) in [4.78, 5) is 24.2. The highest BCUT2D eigenvalue weighted by molar-refractivity contribution is 5.91. The molecule has 0 saturated carbocycles. The lowest BCUT2D eigenvalue weighted by Crippen LogP contribution is -2.28. The van der Waals surface area contributed by atoms with E-state index in [1.807, 2.05) is 30.3 Å². The van der Waals surface area contributed by atoms with Gasteiger partial charge in [0, 0.05) is 12.1 Å². The lowest BCUT2D eigenvalue weighted by Gasteiger charge is -2.20. The fourth-order valence-corrected chi connectivity index (χ4v) is 2.14. The van der Waals surface area contributed by atoms with Gasteiger partial charge in [-0.1, -0.05) is 49.0 Å².